The highest BCUT2D eigenvalue weighted by atomic mass is 16.4. The zero-order valence-corrected chi connectivity index (χ0v) is 17.8. The second kappa shape index (κ2) is 10.2. The molecule has 0 fully saturated rings. The largest absolute Gasteiger partial charge is 0.465 e. The summed E-state index contributed by atoms with van der Waals surface area (Å²) in [6.45, 7) is 1.85. The van der Waals surface area contributed by atoms with E-state index in [2.05, 4.69) is 15.7 Å². The number of amides is 3. The molecule has 2 aromatic carbocycles. The van der Waals surface area contributed by atoms with Crippen LogP contribution in [0.1, 0.15) is 27.3 Å². The summed E-state index contributed by atoms with van der Waals surface area (Å²) in [5, 5.41) is 18.0. The van der Waals surface area contributed by atoms with Gasteiger partial charge in [-0.1, -0.05) is 42.5 Å². The molecule has 0 spiro atoms. The van der Waals surface area contributed by atoms with Crippen LogP contribution in [0.2, 0.25) is 0 Å². The number of carbonyl (C=O) groups excluding carboxylic acids is 3. The molecule has 0 aliphatic rings. The third kappa shape index (κ3) is 6.03. The number of nitrogens with two attached hydrogens (primary N) is 1. The van der Waals surface area contributed by atoms with E-state index in [-0.39, 0.29) is 18.7 Å². The van der Waals surface area contributed by atoms with Crippen LogP contribution < -0.4 is 16.4 Å². The van der Waals surface area contributed by atoms with E-state index in [9.17, 15) is 19.2 Å². The van der Waals surface area contributed by atoms with Crippen molar-refractivity contribution in [3.8, 4) is 5.69 Å². The van der Waals surface area contributed by atoms with Crippen LogP contribution in [0, 0.1) is 6.92 Å². The van der Waals surface area contributed by atoms with Gasteiger partial charge >= 0.3 is 6.09 Å². The standard InChI is InChI=1S/C23H23N5O5/c1-14-11-19(28(27-14)17-9-7-16(8-10-17)13-25-23(32)33)22(31)26-18(20(29)21(24)30)12-15-5-3-2-4-6-15/h2-11,18,25H,12-13H2,1H3,(H2,24,30)(H,26,31)(H,32,33)/t18-/m0/s1. The smallest absolute Gasteiger partial charge is 0.404 e. The fourth-order valence-electron chi connectivity index (χ4n) is 3.25. The summed E-state index contributed by atoms with van der Waals surface area (Å²) in [6, 6.07) is 16.2. The Morgan fingerprint density at radius 3 is 2.30 bits per heavy atom. The Morgan fingerprint density at radius 2 is 1.70 bits per heavy atom. The minimum atomic E-state index is -1.13. The van der Waals surface area contributed by atoms with Gasteiger partial charge in [0.25, 0.3) is 11.8 Å². The number of primary amides is 1. The Hall–Kier alpha value is -4.47. The van der Waals surface area contributed by atoms with Crippen LogP contribution in [0.4, 0.5) is 4.79 Å². The molecule has 10 nitrogen and oxygen atoms in total. The van der Waals surface area contributed by atoms with Gasteiger partial charge in [-0.2, -0.15) is 5.10 Å². The minimum absolute atomic E-state index is 0.104. The fraction of sp³-hybridized carbons (Fsp3) is 0.174. The molecule has 0 unspecified atom stereocenters. The van der Waals surface area contributed by atoms with Crippen LogP contribution in [0.3, 0.4) is 0 Å². The quantitative estimate of drug-likeness (QED) is 0.361. The molecule has 5 N–H and O–H groups in total. The first-order chi connectivity index (χ1) is 15.7. The Morgan fingerprint density at radius 1 is 1.03 bits per heavy atom. The van der Waals surface area contributed by atoms with E-state index in [0.29, 0.717) is 11.4 Å². The fourth-order valence-corrected chi connectivity index (χ4v) is 3.25. The molecule has 0 aliphatic heterocycles. The number of aryl methyl sites for hydroxylation is 1. The highest BCUT2D eigenvalue weighted by Crippen LogP contribution is 2.15. The number of aromatic nitrogens is 2. The molecule has 0 radical (unpaired) electrons. The summed E-state index contributed by atoms with van der Waals surface area (Å²) in [4.78, 5) is 47.6. The number of hydrogen-bond donors (Lipinski definition) is 4. The Balaban J connectivity index is 1.83. The number of benzene rings is 2. The lowest BCUT2D eigenvalue weighted by atomic mass is 10.0. The molecular formula is C23H23N5O5. The highest BCUT2D eigenvalue weighted by Gasteiger charge is 2.27. The Labute approximate surface area is 189 Å². The molecule has 33 heavy (non-hydrogen) atoms. The molecule has 3 rings (SSSR count). The average molecular weight is 449 g/mol. The van der Waals surface area contributed by atoms with Gasteiger partial charge in [-0.3, -0.25) is 14.4 Å². The summed E-state index contributed by atoms with van der Waals surface area (Å²) in [6.07, 6.45) is -1.02. The number of carboxylic acid groups (broad SMARTS) is 1. The first-order valence-corrected chi connectivity index (χ1v) is 10.1. The van der Waals surface area contributed by atoms with Crippen molar-refractivity contribution in [3.63, 3.8) is 0 Å². The predicted octanol–water partition coefficient (Wildman–Crippen LogP) is 1.34. The van der Waals surface area contributed by atoms with Crippen LogP contribution in [0.5, 0.6) is 0 Å². The third-order valence-corrected chi connectivity index (χ3v) is 4.84. The van der Waals surface area contributed by atoms with Crippen LogP contribution in [-0.2, 0) is 22.6 Å². The van der Waals surface area contributed by atoms with E-state index in [1.54, 1.807) is 61.5 Å². The van der Waals surface area contributed by atoms with E-state index in [1.165, 1.54) is 4.68 Å². The molecule has 10 heteroatoms. The first-order valence-electron chi connectivity index (χ1n) is 10.1. The van der Waals surface area contributed by atoms with Crippen LogP contribution >= 0.6 is 0 Å². The van der Waals surface area contributed by atoms with Crippen molar-refractivity contribution in [2.45, 2.75) is 25.9 Å². The second-order valence-corrected chi connectivity index (χ2v) is 7.35. The highest BCUT2D eigenvalue weighted by molar-refractivity contribution is 6.38. The van der Waals surface area contributed by atoms with Crippen molar-refractivity contribution >= 4 is 23.7 Å². The normalized spacial score (nSPS) is 11.4. The van der Waals surface area contributed by atoms with E-state index in [1.807, 2.05) is 6.07 Å². The summed E-state index contributed by atoms with van der Waals surface area (Å²) < 4.78 is 1.41. The van der Waals surface area contributed by atoms with Gasteiger partial charge in [0.2, 0.25) is 5.78 Å². The van der Waals surface area contributed by atoms with Gasteiger partial charge in [0.15, 0.2) is 0 Å². The summed E-state index contributed by atoms with van der Waals surface area (Å²) in [5.74, 6) is -2.63. The predicted molar refractivity (Wildman–Crippen MR) is 119 cm³/mol. The van der Waals surface area contributed by atoms with Crippen LogP contribution in [0.25, 0.3) is 5.69 Å². The number of hydrogen-bond acceptors (Lipinski definition) is 5. The van der Waals surface area contributed by atoms with Gasteiger partial charge in [0.1, 0.15) is 11.7 Å². The molecule has 3 aromatic rings. The molecule has 0 saturated heterocycles. The Kier molecular flexibility index (Phi) is 7.19. The van der Waals surface area contributed by atoms with Crippen molar-refractivity contribution in [1.82, 2.24) is 20.4 Å². The lowest BCUT2D eigenvalue weighted by molar-refractivity contribution is -0.137. The van der Waals surface area contributed by atoms with Crippen LogP contribution in [-0.4, -0.2) is 44.6 Å². The summed E-state index contributed by atoms with van der Waals surface area (Å²) >= 11 is 0. The SMILES string of the molecule is Cc1cc(C(=O)N[C@@H](Cc2ccccc2)C(=O)C(N)=O)n(-c2ccc(CNC(=O)O)cc2)n1. The van der Waals surface area contributed by atoms with Crippen molar-refractivity contribution < 1.29 is 24.3 Å². The van der Waals surface area contributed by atoms with Crippen molar-refractivity contribution in [1.29, 1.82) is 0 Å². The number of nitrogens with one attached hydrogen (secondary N) is 2. The lowest BCUT2D eigenvalue weighted by Gasteiger charge is -2.17. The average Bonchev–Trinajstić information content (AvgIpc) is 3.19. The molecule has 0 aliphatic carbocycles. The number of carbonyl (C=O) groups is 4. The molecular weight excluding hydrogens is 426 g/mol. The third-order valence-electron chi connectivity index (χ3n) is 4.84. The van der Waals surface area contributed by atoms with Crippen LogP contribution in [0.15, 0.2) is 60.7 Å². The van der Waals surface area contributed by atoms with Gasteiger partial charge < -0.3 is 21.5 Å². The zero-order chi connectivity index (χ0) is 24.0. The number of nitrogens with zero attached hydrogens (tertiary/aromatic N) is 2. The van der Waals surface area contributed by atoms with Gasteiger partial charge in [0, 0.05) is 13.0 Å². The number of ketones is 1. The zero-order valence-electron chi connectivity index (χ0n) is 17.8. The monoisotopic (exact) mass is 449 g/mol. The number of rotatable bonds is 9. The van der Waals surface area contributed by atoms with Gasteiger partial charge in [-0.05, 0) is 36.2 Å². The molecule has 0 saturated carbocycles. The summed E-state index contributed by atoms with van der Waals surface area (Å²) in [5.41, 5.74) is 7.97. The lowest BCUT2D eigenvalue weighted by Crippen LogP contribution is -2.47. The number of Topliss-reactive ketones (excluding diaryl/α,β-unsaturated/α-hetero) is 1. The van der Waals surface area contributed by atoms with E-state index >= 15 is 0 Å². The summed E-state index contributed by atoms with van der Waals surface area (Å²) in [7, 11) is 0. The molecule has 1 heterocycles. The van der Waals surface area contributed by atoms with Gasteiger partial charge in [-0.25, -0.2) is 9.48 Å². The van der Waals surface area contributed by atoms with Crippen molar-refractivity contribution in [2.24, 2.45) is 5.73 Å². The van der Waals surface area contributed by atoms with Gasteiger partial charge in [-0.15, -0.1) is 0 Å². The maximum absolute atomic E-state index is 13.1. The topological polar surface area (TPSA) is 156 Å². The minimum Gasteiger partial charge on any atom is -0.465 e. The van der Waals surface area contributed by atoms with Gasteiger partial charge in [0.05, 0.1) is 11.4 Å². The van der Waals surface area contributed by atoms with Crippen molar-refractivity contribution in [2.75, 3.05) is 0 Å². The first kappa shape index (κ1) is 23.2. The Bertz CT molecular complexity index is 1170. The second-order valence-electron chi connectivity index (χ2n) is 7.35. The molecule has 1 atom stereocenters. The van der Waals surface area contributed by atoms with E-state index in [4.69, 9.17) is 10.8 Å². The van der Waals surface area contributed by atoms with E-state index in [0.717, 1.165) is 11.1 Å². The maximum atomic E-state index is 13.1. The molecule has 170 valence electrons. The molecule has 3 amide bonds. The van der Waals surface area contributed by atoms with Crippen molar-refractivity contribution in [3.05, 3.63) is 83.2 Å². The van der Waals surface area contributed by atoms with E-state index < -0.39 is 29.7 Å². The molecule has 0 bridgehead atoms. The molecule has 1 aromatic heterocycles. The maximum Gasteiger partial charge on any atom is 0.404 e.